The molecule has 1 heterocycles. The van der Waals surface area contributed by atoms with Crippen LogP contribution < -0.4 is 11.1 Å². The summed E-state index contributed by atoms with van der Waals surface area (Å²) in [6, 6.07) is 5.53. The molecular weight excluding hydrogens is 206 g/mol. The lowest BCUT2D eigenvalue weighted by Crippen LogP contribution is -2.26. The number of hydrogen-bond donors (Lipinski definition) is 2. The first-order valence-electron chi connectivity index (χ1n) is 4.97. The van der Waals surface area contributed by atoms with E-state index in [1.54, 1.807) is 12.6 Å². The van der Waals surface area contributed by atoms with Crippen molar-refractivity contribution in [2.75, 3.05) is 6.54 Å². The smallest absolute Gasteiger partial charge is 0.220 e. The molecule has 1 radical (unpaired) electrons. The van der Waals surface area contributed by atoms with Gasteiger partial charge in [0.15, 0.2) is 0 Å². The van der Waals surface area contributed by atoms with E-state index in [4.69, 9.17) is 5.73 Å². The number of amides is 2. The van der Waals surface area contributed by atoms with Gasteiger partial charge in [-0.1, -0.05) is 6.07 Å². The Morgan fingerprint density at radius 2 is 2.19 bits per heavy atom. The van der Waals surface area contributed by atoms with Gasteiger partial charge in [-0.25, -0.2) is 0 Å². The second-order valence-electron chi connectivity index (χ2n) is 3.23. The summed E-state index contributed by atoms with van der Waals surface area (Å²) < 4.78 is 0. The quantitative estimate of drug-likeness (QED) is 0.708. The molecule has 0 aliphatic carbocycles. The fourth-order valence-electron chi connectivity index (χ4n) is 1.09. The van der Waals surface area contributed by atoms with Gasteiger partial charge in [0.25, 0.3) is 0 Å². The first-order chi connectivity index (χ1) is 7.68. The summed E-state index contributed by atoms with van der Waals surface area (Å²) in [4.78, 5) is 25.7. The lowest BCUT2D eigenvalue weighted by atomic mass is 10.2. The number of nitrogens with zero attached hydrogens (tertiary/aromatic N) is 1. The SMILES string of the molecule is NC(=O)CCC(=O)NC[CH]c1ccccn1. The molecule has 0 aliphatic rings. The Balaban J connectivity index is 2.16. The number of carbonyl (C=O) groups excluding carboxylic acids is 2. The zero-order chi connectivity index (χ0) is 11.8. The molecule has 0 aromatic carbocycles. The molecule has 1 aromatic rings. The summed E-state index contributed by atoms with van der Waals surface area (Å²) in [7, 11) is 0. The number of pyridine rings is 1. The third-order valence-corrected chi connectivity index (χ3v) is 1.90. The van der Waals surface area contributed by atoms with Crippen molar-refractivity contribution in [2.24, 2.45) is 5.73 Å². The molecular formula is C11H14N3O2. The van der Waals surface area contributed by atoms with Crippen LogP contribution in [0.3, 0.4) is 0 Å². The minimum Gasteiger partial charge on any atom is -0.370 e. The van der Waals surface area contributed by atoms with Crippen molar-refractivity contribution >= 4 is 11.8 Å². The highest BCUT2D eigenvalue weighted by Crippen LogP contribution is 1.96. The van der Waals surface area contributed by atoms with Crippen LogP contribution >= 0.6 is 0 Å². The molecule has 0 atom stereocenters. The number of aromatic nitrogens is 1. The lowest BCUT2D eigenvalue weighted by molar-refractivity contribution is -0.124. The molecule has 2 amide bonds. The lowest BCUT2D eigenvalue weighted by Gasteiger charge is -2.03. The predicted molar refractivity (Wildman–Crippen MR) is 59.1 cm³/mol. The Kier molecular flexibility index (Phi) is 4.98. The van der Waals surface area contributed by atoms with Crippen LogP contribution in [0.4, 0.5) is 0 Å². The van der Waals surface area contributed by atoms with Gasteiger partial charge in [0.1, 0.15) is 0 Å². The molecule has 5 nitrogen and oxygen atoms in total. The van der Waals surface area contributed by atoms with E-state index in [1.807, 2.05) is 18.2 Å². The van der Waals surface area contributed by atoms with Crippen molar-refractivity contribution in [2.45, 2.75) is 12.8 Å². The van der Waals surface area contributed by atoms with Crippen LogP contribution in [0.5, 0.6) is 0 Å². The average Bonchev–Trinajstić information content (AvgIpc) is 2.28. The van der Waals surface area contributed by atoms with Gasteiger partial charge in [-0.2, -0.15) is 0 Å². The third-order valence-electron chi connectivity index (χ3n) is 1.90. The molecule has 0 saturated carbocycles. The highest BCUT2D eigenvalue weighted by molar-refractivity contribution is 5.82. The minimum atomic E-state index is -0.469. The number of primary amides is 1. The average molecular weight is 220 g/mol. The number of rotatable bonds is 6. The Hall–Kier alpha value is -1.91. The standard InChI is InChI=1S/C11H14N3O2/c12-10(15)4-5-11(16)14-8-6-9-3-1-2-7-13-9/h1-3,6-7H,4-5,8H2,(H2,12,15)(H,14,16). The van der Waals surface area contributed by atoms with Gasteiger partial charge >= 0.3 is 0 Å². The zero-order valence-corrected chi connectivity index (χ0v) is 8.85. The summed E-state index contributed by atoms with van der Waals surface area (Å²) in [5.41, 5.74) is 5.73. The van der Waals surface area contributed by atoms with E-state index in [-0.39, 0.29) is 18.7 Å². The normalized spacial score (nSPS) is 9.75. The number of nitrogens with two attached hydrogens (primary N) is 1. The molecule has 85 valence electrons. The summed E-state index contributed by atoms with van der Waals surface area (Å²) in [6.07, 6.45) is 3.68. The van der Waals surface area contributed by atoms with Gasteiger partial charge in [0.05, 0.1) is 0 Å². The van der Waals surface area contributed by atoms with Crippen LogP contribution in [0, 0.1) is 6.42 Å². The van der Waals surface area contributed by atoms with Crippen molar-refractivity contribution in [3.63, 3.8) is 0 Å². The van der Waals surface area contributed by atoms with Gasteiger partial charge in [0, 0.05) is 37.7 Å². The van der Waals surface area contributed by atoms with Crippen LogP contribution in [0.1, 0.15) is 18.5 Å². The van der Waals surface area contributed by atoms with E-state index >= 15 is 0 Å². The first-order valence-corrected chi connectivity index (χ1v) is 4.97. The molecule has 0 fully saturated rings. The summed E-state index contributed by atoms with van der Waals surface area (Å²) in [5, 5.41) is 2.64. The van der Waals surface area contributed by atoms with E-state index in [0.717, 1.165) is 5.69 Å². The highest BCUT2D eigenvalue weighted by Gasteiger charge is 2.03. The molecule has 5 heteroatoms. The van der Waals surface area contributed by atoms with Crippen LogP contribution in [-0.2, 0) is 9.59 Å². The van der Waals surface area contributed by atoms with E-state index in [9.17, 15) is 9.59 Å². The van der Waals surface area contributed by atoms with Crippen molar-refractivity contribution in [3.05, 3.63) is 36.5 Å². The number of nitrogens with one attached hydrogen (secondary N) is 1. The Morgan fingerprint density at radius 1 is 1.38 bits per heavy atom. The highest BCUT2D eigenvalue weighted by atomic mass is 16.2. The van der Waals surface area contributed by atoms with E-state index in [0.29, 0.717) is 6.54 Å². The second kappa shape index (κ2) is 6.55. The van der Waals surface area contributed by atoms with Gasteiger partial charge in [-0.15, -0.1) is 0 Å². The van der Waals surface area contributed by atoms with E-state index < -0.39 is 5.91 Å². The molecule has 0 saturated heterocycles. The third kappa shape index (κ3) is 5.09. The first kappa shape index (κ1) is 12.2. The fourth-order valence-corrected chi connectivity index (χ4v) is 1.09. The monoisotopic (exact) mass is 220 g/mol. The zero-order valence-electron chi connectivity index (χ0n) is 8.85. The van der Waals surface area contributed by atoms with Crippen LogP contribution in [0.15, 0.2) is 24.4 Å². The van der Waals surface area contributed by atoms with Gasteiger partial charge < -0.3 is 11.1 Å². The van der Waals surface area contributed by atoms with Crippen molar-refractivity contribution in [3.8, 4) is 0 Å². The van der Waals surface area contributed by atoms with Crippen LogP contribution in [-0.4, -0.2) is 23.3 Å². The van der Waals surface area contributed by atoms with Crippen molar-refractivity contribution < 1.29 is 9.59 Å². The number of hydrogen-bond acceptors (Lipinski definition) is 3. The maximum absolute atomic E-state index is 11.2. The molecule has 0 bridgehead atoms. The molecule has 3 N–H and O–H groups in total. The minimum absolute atomic E-state index is 0.0788. The largest absolute Gasteiger partial charge is 0.370 e. The molecule has 1 aromatic heterocycles. The van der Waals surface area contributed by atoms with Crippen LogP contribution in [0.25, 0.3) is 0 Å². The second-order valence-corrected chi connectivity index (χ2v) is 3.23. The topological polar surface area (TPSA) is 85.1 Å². The maximum Gasteiger partial charge on any atom is 0.220 e. The maximum atomic E-state index is 11.2. The summed E-state index contributed by atoms with van der Waals surface area (Å²) in [5.74, 6) is -0.658. The van der Waals surface area contributed by atoms with Gasteiger partial charge in [0.2, 0.25) is 11.8 Å². The molecule has 0 unspecified atom stereocenters. The number of carbonyl (C=O) groups is 2. The van der Waals surface area contributed by atoms with Crippen molar-refractivity contribution in [1.82, 2.24) is 10.3 Å². The Morgan fingerprint density at radius 3 is 2.81 bits per heavy atom. The van der Waals surface area contributed by atoms with Crippen LogP contribution in [0.2, 0.25) is 0 Å². The summed E-state index contributed by atoms with van der Waals surface area (Å²) >= 11 is 0. The molecule has 16 heavy (non-hydrogen) atoms. The summed E-state index contributed by atoms with van der Waals surface area (Å²) in [6.45, 7) is 0.397. The van der Waals surface area contributed by atoms with E-state index in [2.05, 4.69) is 10.3 Å². The molecule has 1 rings (SSSR count). The fraction of sp³-hybridized carbons (Fsp3) is 0.273. The van der Waals surface area contributed by atoms with Gasteiger partial charge in [-0.3, -0.25) is 14.6 Å². The predicted octanol–water partition coefficient (Wildman–Crippen LogP) is 0.0157. The van der Waals surface area contributed by atoms with E-state index in [1.165, 1.54) is 0 Å². The Labute approximate surface area is 94.1 Å². The molecule has 0 aliphatic heterocycles. The van der Waals surface area contributed by atoms with Crippen molar-refractivity contribution in [1.29, 1.82) is 0 Å². The molecule has 0 spiro atoms. The van der Waals surface area contributed by atoms with Gasteiger partial charge in [-0.05, 0) is 12.1 Å². The Bertz CT molecular complexity index is 352.